The Hall–Kier alpha value is -2.24. The predicted molar refractivity (Wildman–Crippen MR) is 104 cm³/mol. The normalized spacial score (nSPS) is 26.2. The van der Waals surface area contributed by atoms with Gasteiger partial charge in [-0.3, -0.25) is 9.59 Å². The number of likely N-dealkylation sites (tertiary alicyclic amines) is 1. The first-order chi connectivity index (χ1) is 13.6. The number of nitrogens with zero attached hydrogens (tertiary/aromatic N) is 1. The summed E-state index contributed by atoms with van der Waals surface area (Å²) in [4.78, 5) is 27.1. The lowest BCUT2D eigenvalue weighted by molar-refractivity contribution is -0.129. The molecule has 150 valence electrons. The number of hydrogen-bond acceptors (Lipinski definition) is 4. The molecule has 1 aromatic carbocycles. The van der Waals surface area contributed by atoms with E-state index in [-0.39, 0.29) is 17.7 Å². The standard InChI is InChI=1S/C22H28N2O4/c25-20-12-15(14-24(20)17-6-2-3-7-17)21(26)23-16-8-9-18-19(13-16)28-22(27-18)10-4-1-5-11-22/h8-9,13,15,17H,1-7,10-12,14H2,(H,23,26)/t15-/m0/s1. The minimum absolute atomic E-state index is 0.0832. The van der Waals surface area contributed by atoms with Crippen LogP contribution in [0.1, 0.15) is 64.2 Å². The fraction of sp³-hybridized carbons (Fsp3) is 0.636. The van der Waals surface area contributed by atoms with Gasteiger partial charge in [0.15, 0.2) is 11.5 Å². The van der Waals surface area contributed by atoms with E-state index in [0.29, 0.717) is 30.4 Å². The van der Waals surface area contributed by atoms with Crippen molar-refractivity contribution in [1.82, 2.24) is 4.90 Å². The van der Waals surface area contributed by atoms with Crippen molar-refractivity contribution >= 4 is 17.5 Å². The van der Waals surface area contributed by atoms with Crippen molar-refractivity contribution < 1.29 is 19.1 Å². The third-order valence-electron chi connectivity index (χ3n) is 6.71. The molecule has 6 nitrogen and oxygen atoms in total. The molecule has 2 saturated carbocycles. The van der Waals surface area contributed by atoms with Crippen molar-refractivity contribution in [2.45, 2.75) is 76.0 Å². The summed E-state index contributed by atoms with van der Waals surface area (Å²) in [7, 11) is 0. The van der Waals surface area contributed by atoms with Crippen molar-refractivity contribution in [2.75, 3.05) is 11.9 Å². The largest absolute Gasteiger partial charge is 0.448 e. The van der Waals surface area contributed by atoms with Crippen molar-refractivity contribution in [2.24, 2.45) is 5.92 Å². The summed E-state index contributed by atoms with van der Waals surface area (Å²) in [6.45, 7) is 0.545. The molecule has 6 heteroatoms. The average molecular weight is 384 g/mol. The Labute approximate surface area is 165 Å². The molecule has 0 radical (unpaired) electrons. The molecule has 0 bridgehead atoms. The first kappa shape index (κ1) is 17.8. The second-order valence-electron chi connectivity index (χ2n) is 8.71. The van der Waals surface area contributed by atoms with Crippen LogP contribution < -0.4 is 14.8 Å². The molecule has 2 aliphatic heterocycles. The maximum Gasteiger partial charge on any atom is 0.251 e. The third-order valence-corrected chi connectivity index (χ3v) is 6.71. The van der Waals surface area contributed by atoms with Crippen LogP contribution in [0.3, 0.4) is 0 Å². The molecule has 0 aromatic heterocycles. The van der Waals surface area contributed by atoms with Crippen LogP contribution in [0.25, 0.3) is 0 Å². The first-order valence-electron chi connectivity index (χ1n) is 10.7. The van der Waals surface area contributed by atoms with Gasteiger partial charge in [0, 0.05) is 43.6 Å². The number of fused-ring (bicyclic) bond motifs is 1. The lowest BCUT2D eigenvalue weighted by atomic mass is 9.94. The van der Waals surface area contributed by atoms with Crippen LogP contribution in [0.5, 0.6) is 11.5 Å². The molecule has 1 spiro atoms. The van der Waals surface area contributed by atoms with E-state index in [0.717, 1.165) is 44.3 Å². The fourth-order valence-corrected chi connectivity index (χ4v) is 5.19. The van der Waals surface area contributed by atoms with Crippen LogP contribution >= 0.6 is 0 Å². The van der Waals surface area contributed by atoms with E-state index >= 15 is 0 Å². The zero-order valence-corrected chi connectivity index (χ0v) is 16.2. The van der Waals surface area contributed by atoms with Gasteiger partial charge in [-0.05, 0) is 37.8 Å². The van der Waals surface area contributed by atoms with Crippen LogP contribution in [0.2, 0.25) is 0 Å². The molecule has 2 heterocycles. The molecule has 1 aromatic rings. The Morgan fingerprint density at radius 1 is 1.04 bits per heavy atom. The Morgan fingerprint density at radius 3 is 2.57 bits per heavy atom. The number of ether oxygens (including phenoxy) is 2. The smallest absolute Gasteiger partial charge is 0.251 e. The van der Waals surface area contributed by atoms with Crippen molar-refractivity contribution in [1.29, 1.82) is 0 Å². The van der Waals surface area contributed by atoms with E-state index < -0.39 is 5.79 Å². The SMILES string of the molecule is O=C(Nc1ccc2c(c1)OC1(CCCCC1)O2)[C@H]1CC(=O)N(C2CCCC2)C1. The van der Waals surface area contributed by atoms with Gasteiger partial charge in [-0.25, -0.2) is 0 Å². The molecular formula is C22H28N2O4. The summed E-state index contributed by atoms with van der Waals surface area (Å²) in [5.41, 5.74) is 0.701. The van der Waals surface area contributed by atoms with Gasteiger partial charge in [0.05, 0.1) is 5.92 Å². The van der Waals surface area contributed by atoms with Crippen molar-refractivity contribution in [3.63, 3.8) is 0 Å². The van der Waals surface area contributed by atoms with Gasteiger partial charge in [0.2, 0.25) is 11.8 Å². The maximum atomic E-state index is 12.8. The number of amides is 2. The molecule has 28 heavy (non-hydrogen) atoms. The van der Waals surface area contributed by atoms with Crippen LogP contribution in [0, 0.1) is 5.92 Å². The first-order valence-corrected chi connectivity index (χ1v) is 10.7. The Kier molecular flexibility index (Phi) is 4.44. The van der Waals surface area contributed by atoms with E-state index in [9.17, 15) is 9.59 Å². The number of carbonyl (C=O) groups is 2. The van der Waals surface area contributed by atoms with Gasteiger partial charge in [-0.1, -0.05) is 19.3 Å². The number of carbonyl (C=O) groups excluding carboxylic acids is 2. The fourth-order valence-electron chi connectivity index (χ4n) is 5.19. The predicted octanol–water partition coefficient (Wildman–Crippen LogP) is 3.85. The lowest BCUT2D eigenvalue weighted by Crippen LogP contribution is -2.40. The summed E-state index contributed by atoms with van der Waals surface area (Å²) in [6.07, 6.45) is 10.1. The topological polar surface area (TPSA) is 67.9 Å². The van der Waals surface area contributed by atoms with Gasteiger partial charge in [-0.2, -0.15) is 0 Å². The summed E-state index contributed by atoms with van der Waals surface area (Å²) >= 11 is 0. The molecule has 2 aliphatic carbocycles. The van der Waals surface area contributed by atoms with Crippen LogP contribution in [0.15, 0.2) is 18.2 Å². The van der Waals surface area contributed by atoms with Crippen LogP contribution in [-0.4, -0.2) is 35.1 Å². The molecule has 4 aliphatic rings. The number of anilines is 1. The van der Waals surface area contributed by atoms with E-state index in [4.69, 9.17) is 9.47 Å². The number of hydrogen-bond donors (Lipinski definition) is 1. The van der Waals surface area contributed by atoms with Gasteiger partial charge < -0.3 is 19.7 Å². The molecule has 0 unspecified atom stereocenters. The lowest BCUT2D eigenvalue weighted by Gasteiger charge is -2.31. The van der Waals surface area contributed by atoms with Gasteiger partial charge in [-0.15, -0.1) is 0 Å². The highest BCUT2D eigenvalue weighted by molar-refractivity contribution is 5.97. The molecule has 3 fully saturated rings. The number of rotatable bonds is 3. The van der Waals surface area contributed by atoms with E-state index in [1.807, 2.05) is 23.1 Å². The summed E-state index contributed by atoms with van der Waals surface area (Å²) in [5.74, 6) is 0.710. The Balaban J connectivity index is 1.23. The van der Waals surface area contributed by atoms with E-state index in [1.165, 1.54) is 19.3 Å². The van der Waals surface area contributed by atoms with Gasteiger partial charge in [0.1, 0.15) is 0 Å². The molecule has 1 N–H and O–H groups in total. The average Bonchev–Trinajstić information content (AvgIpc) is 3.40. The number of benzene rings is 1. The third kappa shape index (κ3) is 3.23. The Morgan fingerprint density at radius 2 is 1.79 bits per heavy atom. The van der Waals surface area contributed by atoms with Crippen molar-refractivity contribution in [3.8, 4) is 11.5 Å². The minimum Gasteiger partial charge on any atom is -0.448 e. The monoisotopic (exact) mass is 384 g/mol. The quantitative estimate of drug-likeness (QED) is 0.860. The summed E-state index contributed by atoms with van der Waals surface area (Å²) in [6, 6.07) is 5.91. The zero-order chi connectivity index (χ0) is 19.1. The zero-order valence-electron chi connectivity index (χ0n) is 16.2. The highest BCUT2D eigenvalue weighted by atomic mass is 16.7. The minimum atomic E-state index is -0.511. The van der Waals surface area contributed by atoms with E-state index in [2.05, 4.69) is 5.32 Å². The summed E-state index contributed by atoms with van der Waals surface area (Å²) in [5, 5.41) is 2.98. The van der Waals surface area contributed by atoms with Gasteiger partial charge >= 0.3 is 0 Å². The molecule has 2 amide bonds. The second-order valence-corrected chi connectivity index (χ2v) is 8.71. The maximum absolute atomic E-state index is 12.8. The Bertz CT molecular complexity index is 781. The molecular weight excluding hydrogens is 356 g/mol. The summed E-state index contributed by atoms with van der Waals surface area (Å²) < 4.78 is 12.2. The van der Waals surface area contributed by atoms with Crippen LogP contribution in [-0.2, 0) is 9.59 Å². The molecule has 1 atom stereocenters. The van der Waals surface area contributed by atoms with Gasteiger partial charge in [0.25, 0.3) is 5.79 Å². The van der Waals surface area contributed by atoms with E-state index in [1.54, 1.807) is 0 Å². The second kappa shape index (κ2) is 6.98. The molecule has 1 saturated heterocycles. The highest BCUT2D eigenvalue weighted by Gasteiger charge is 2.43. The number of nitrogens with one attached hydrogen (secondary N) is 1. The van der Waals surface area contributed by atoms with Crippen LogP contribution in [0.4, 0.5) is 5.69 Å². The molecule has 5 rings (SSSR count). The van der Waals surface area contributed by atoms with Crippen molar-refractivity contribution in [3.05, 3.63) is 18.2 Å². The highest BCUT2D eigenvalue weighted by Crippen LogP contribution is 2.46.